The zero-order valence-electron chi connectivity index (χ0n) is 13.6. The lowest BCUT2D eigenvalue weighted by molar-refractivity contribution is 0.360. The monoisotopic (exact) mass is 346 g/mol. The molecule has 0 bridgehead atoms. The summed E-state index contributed by atoms with van der Waals surface area (Å²) in [5.74, 6) is 0.867. The van der Waals surface area contributed by atoms with E-state index in [1.165, 1.54) is 0 Å². The summed E-state index contributed by atoms with van der Waals surface area (Å²) in [4.78, 5) is 8.51. The highest BCUT2D eigenvalue weighted by Crippen LogP contribution is 2.23. The second-order valence-corrected chi connectivity index (χ2v) is 7.60. The smallest absolute Gasteiger partial charge is 0.243 e. The molecule has 8 heteroatoms. The molecular formula is C16H18N4O3S. The number of benzene rings is 1. The quantitative estimate of drug-likeness (QED) is 0.762. The van der Waals surface area contributed by atoms with E-state index in [1.54, 1.807) is 18.3 Å². The first-order chi connectivity index (χ1) is 11.4. The van der Waals surface area contributed by atoms with Gasteiger partial charge in [0.05, 0.1) is 12.1 Å². The van der Waals surface area contributed by atoms with Crippen LogP contribution in [0.3, 0.4) is 0 Å². The molecule has 0 atom stereocenters. The van der Waals surface area contributed by atoms with Crippen LogP contribution in [0.2, 0.25) is 0 Å². The minimum atomic E-state index is -3.75. The Balaban J connectivity index is 1.90. The Kier molecular flexibility index (Phi) is 4.33. The number of hydrogen-bond donors (Lipinski definition) is 1. The highest BCUT2D eigenvalue weighted by molar-refractivity contribution is 7.89. The molecule has 0 radical (unpaired) electrons. The first kappa shape index (κ1) is 16.5. The van der Waals surface area contributed by atoms with Crippen molar-refractivity contribution in [3.8, 4) is 0 Å². The molecule has 0 amide bonds. The Labute approximate surface area is 140 Å². The van der Waals surface area contributed by atoms with Gasteiger partial charge in [0, 0.05) is 17.5 Å². The molecule has 0 aliphatic heterocycles. The Morgan fingerprint density at radius 2 is 2.08 bits per heavy atom. The van der Waals surface area contributed by atoms with Crippen molar-refractivity contribution in [2.24, 2.45) is 0 Å². The number of aromatic nitrogens is 3. The van der Waals surface area contributed by atoms with E-state index in [1.807, 2.05) is 32.9 Å². The van der Waals surface area contributed by atoms with Gasteiger partial charge in [0.25, 0.3) is 0 Å². The standard InChI is InChI=1S/C16H18N4O3S/c1-10(2)16-19-14(20-23-16)9-18-24(21,22)13-8-11(3)7-12-5-4-6-17-15(12)13/h4-8,10,18H,9H2,1-3H3. The van der Waals surface area contributed by atoms with Crippen molar-refractivity contribution in [2.45, 2.75) is 38.1 Å². The van der Waals surface area contributed by atoms with Gasteiger partial charge in [-0.3, -0.25) is 4.98 Å². The van der Waals surface area contributed by atoms with Crippen LogP contribution in [0.5, 0.6) is 0 Å². The van der Waals surface area contributed by atoms with E-state index in [9.17, 15) is 8.42 Å². The van der Waals surface area contributed by atoms with Gasteiger partial charge < -0.3 is 4.52 Å². The lowest BCUT2D eigenvalue weighted by atomic mass is 10.1. The molecule has 0 spiro atoms. The highest BCUT2D eigenvalue weighted by atomic mass is 32.2. The molecule has 1 N–H and O–H groups in total. The summed E-state index contributed by atoms with van der Waals surface area (Å²) in [6.07, 6.45) is 1.57. The average Bonchev–Trinajstić information content (AvgIpc) is 3.01. The van der Waals surface area contributed by atoms with Crippen LogP contribution in [-0.2, 0) is 16.6 Å². The van der Waals surface area contributed by atoms with Gasteiger partial charge in [-0.05, 0) is 30.7 Å². The maximum atomic E-state index is 12.7. The maximum absolute atomic E-state index is 12.7. The summed E-state index contributed by atoms with van der Waals surface area (Å²) in [5.41, 5.74) is 1.28. The fourth-order valence-corrected chi connectivity index (χ4v) is 3.56. The summed E-state index contributed by atoms with van der Waals surface area (Å²) in [5, 5.41) is 4.56. The molecule has 126 valence electrons. The van der Waals surface area contributed by atoms with Gasteiger partial charge in [0.15, 0.2) is 5.82 Å². The molecule has 0 aliphatic carbocycles. The van der Waals surface area contributed by atoms with E-state index in [0.717, 1.165) is 10.9 Å². The molecule has 2 heterocycles. The summed E-state index contributed by atoms with van der Waals surface area (Å²) >= 11 is 0. The number of hydrogen-bond acceptors (Lipinski definition) is 6. The van der Waals surface area contributed by atoms with Crippen molar-refractivity contribution >= 4 is 20.9 Å². The first-order valence-electron chi connectivity index (χ1n) is 7.54. The second kappa shape index (κ2) is 6.29. The zero-order chi connectivity index (χ0) is 17.3. The van der Waals surface area contributed by atoms with Gasteiger partial charge in [-0.2, -0.15) is 4.98 Å². The molecule has 1 aromatic carbocycles. The third-order valence-corrected chi connectivity index (χ3v) is 4.92. The van der Waals surface area contributed by atoms with Crippen LogP contribution in [0, 0.1) is 6.92 Å². The van der Waals surface area contributed by atoms with Crippen molar-refractivity contribution < 1.29 is 12.9 Å². The van der Waals surface area contributed by atoms with Crippen LogP contribution < -0.4 is 4.72 Å². The van der Waals surface area contributed by atoms with Gasteiger partial charge in [-0.25, -0.2) is 13.1 Å². The number of aryl methyl sites for hydroxylation is 1. The van der Waals surface area contributed by atoms with Crippen LogP contribution in [-0.4, -0.2) is 23.5 Å². The molecule has 7 nitrogen and oxygen atoms in total. The number of sulfonamides is 1. The van der Waals surface area contributed by atoms with Crippen LogP contribution in [0.1, 0.15) is 37.0 Å². The number of pyridine rings is 1. The fourth-order valence-electron chi connectivity index (χ4n) is 2.32. The van der Waals surface area contributed by atoms with Crippen molar-refractivity contribution in [3.05, 3.63) is 47.7 Å². The van der Waals surface area contributed by atoms with E-state index < -0.39 is 10.0 Å². The van der Waals surface area contributed by atoms with Gasteiger partial charge in [0.2, 0.25) is 15.9 Å². The Morgan fingerprint density at radius 3 is 2.79 bits per heavy atom. The maximum Gasteiger partial charge on any atom is 0.243 e. The van der Waals surface area contributed by atoms with Crippen LogP contribution in [0.15, 0.2) is 39.9 Å². The number of nitrogens with zero attached hydrogens (tertiary/aromatic N) is 3. The van der Waals surface area contributed by atoms with Crippen molar-refractivity contribution in [1.29, 1.82) is 0 Å². The SMILES string of the molecule is Cc1cc(S(=O)(=O)NCc2noc(C(C)C)n2)c2ncccc2c1. The lowest BCUT2D eigenvalue weighted by Crippen LogP contribution is -2.24. The van der Waals surface area contributed by atoms with Crippen LogP contribution in [0.25, 0.3) is 10.9 Å². The Morgan fingerprint density at radius 1 is 1.29 bits per heavy atom. The minimum Gasteiger partial charge on any atom is -0.339 e. The third-order valence-electron chi connectivity index (χ3n) is 3.50. The molecular weight excluding hydrogens is 328 g/mol. The number of nitrogens with one attached hydrogen (secondary N) is 1. The van der Waals surface area contributed by atoms with Gasteiger partial charge in [-0.1, -0.05) is 25.1 Å². The van der Waals surface area contributed by atoms with Crippen molar-refractivity contribution in [2.75, 3.05) is 0 Å². The summed E-state index contributed by atoms with van der Waals surface area (Å²) in [7, 11) is -3.75. The summed E-state index contributed by atoms with van der Waals surface area (Å²) in [6.45, 7) is 5.65. The molecule has 0 saturated heterocycles. The fraction of sp³-hybridized carbons (Fsp3) is 0.312. The Bertz CT molecular complexity index is 980. The zero-order valence-corrected chi connectivity index (χ0v) is 14.5. The third kappa shape index (κ3) is 3.29. The van der Waals surface area contributed by atoms with E-state index in [2.05, 4.69) is 19.8 Å². The normalized spacial score (nSPS) is 12.2. The second-order valence-electron chi connectivity index (χ2n) is 5.87. The van der Waals surface area contributed by atoms with Crippen LogP contribution >= 0.6 is 0 Å². The van der Waals surface area contributed by atoms with Crippen molar-refractivity contribution in [1.82, 2.24) is 19.8 Å². The molecule has 0 unspecified atom stereocenters. The molecule has 2 aromatic heterocycles. The predicted octanol–water partition coefficient (Wildman–Crippen LogP) is 2.53. The molecule has 24 heavy (non-hydrogen) atoms. The van der Waals surface area contributed by atoms with E-state index in [0.29, 0.717) is 17.2 Å². The van der Waals surface area contributed by atoms with Gasteiger partial charge >= 0.3 is 0 Å². The average molecular weight is 346 g/mol. The topological polar surface area (TPSA) is 98.0 Å². The molecule has 3 aromatic rings. The predicted molar refractivity (Wildman–Crippen MR) is 88.9 cm³/mol. The Hall–Kier alpha value is -2.32. The number of fused-ring (bicyclic) bond motifs is 1. The van der Waals surface area contributed by atoms with E-state index in [-0.39, 0.29) is 17.4 Å². The van der Waals surface area contributed by atoms with Crippen LogP contribution in [0.4, 0.5) is 0 Å². The van der Waals surface area contributed by atoms with E-state index in [4.69, 9.17) is 4.52 Å². The molecule has 3 rings (SSSR count). The van der Waals surface area contributed by atoms with E-state index >= 15 is 0 Å². The highest BCUT2D eigenvalue weighted by Gasteiger charge is 2.20. The molecule has 0 aliphatic rings. The lowest BCUT2D eigenvalue weighted by Gasteiger charge is -2.09. The first-order valence-corrected chi connectivity index (χ1v) is 9.02. The van der Waals surface area contributed by atoms with Gasteiger partial charge in [0.1, 0.15) is 4.90 Å². The minimum absolute atomic E-state index is 0.0409. The molecule has 0 saturated carbocycles. The summed E-state index contributed by atoms with van der Waals surface area (Å²) in [6, 6.07) is 7.11. The summed E-state index contributed by atoms with van der Waals surface area (Å²) < 4.78 is 32.9. The molecule has 0 fully saturated rings. The largest absolute Gasteiger partial charge is 0.339 e. The van der Waals surface area contributed by atoms with Gasteiger partial charge in [-0.15, -0.1) is 0 Å². The van der Waals surface area contributed by atoms with Crippen molar-refractivity contribution in [3.63, 3.8) is 0 Å². The number of rotatable bonds is 5.